The van der Waals surface area contributed by atoms with Crippen LogP contribution in [0.3, 0.4) is 0 Å². The van der Waals surface area contributed by atoms with Gasteiger partial charge in [0.15, 0.2) is 0 Å². The molecule has 0 spiro atoms. The normalized spacial score (nSPS) is 21.8. The van der Waals surface area contributed by atoms with Gasteiger partial charge in [-0.25, -0.2) is 0 Å². The minimum absolute atomic E-state index is 0.0867. The molecule has 2 aliphatic rings. The number of fused-ring (bicyclic) bond motifs is 2. The van der Waals surface area contributed by atoms with Crippen molar-refractivity contribution in [3.63, 3.8) is 0 Å². The van der Waals surface area contributed by atoms with Crippen molar-refractivity contribution in [2.75, 3.05) is 26.2 Å². The molecule has 3 aromatic rings. The fourth-order valence-corrected chi connectivity index (χ4v) is 5.47. The number of aromatic nitrogens is 1. The van der Waals surface area contributed by atoms with Gasteiger partial charge in [-0.2, -0.15) is 0 Å². The van der Waals surface area contributed by atoms with Gasteiger partial charge in [0.05, 0.1) is 0 Å². The summed E-state index contributed by atoms with van der Waals surface area (Å²) in [5.74, 6) is 0.561. The molecule has 2 aromatic carbocycles. The van der Waals surface area contributed by atoms with Crippen LogP contribution in [0.5, 0.6) is 0 Å². The van der Waals surface area contributed by atoms with Crippen LogP contribution in [-0.2, 0) is 4.79 Å². The summed E-state index contributed by atoms with van der Waals surface area (Å²) in [7, 11) is 0. The van der Waals surface area contributed by atoms with E-state index in [2.05, 4.69) is 9.88 Å². The highest BCUT2D eigenvalue weighted by atomic mass is 35.5. The second-order valence-corrected chi connectivity index (χ2v) is 9.57. The monoisotopic (exact) mass is 450 g/mol. The Morgan fingerprint density at radius 2 is 1.84 bits per heavy atom. The Morgan fingerprint density at radius 3 is 2.53 bits per heavy atom. The molecule has 0 radical (unpaired) electrons. The van der Waals surface area contributed by atoms with Crippen LogP contribution < -0.4 is 5.73 Å². The third kappa shape index (κ3) is 3.89. The van der Waals surface area contributed by atoms with E-state index in [4.69, 9.17) is 17.3 Å². The van der Waals surface area contributed by atoms with E-state index >= 15 is 0 Å². The third-order valence-electron chi connectivity index (χ3n) is 7.02. The van der Waals surface area contributed by atoms with E-state index in [1.165, 1.54) is 0 Å². The van der Waals surface area contributed by atoms with Gasteiger partial charge in [0.1, 0.15) is 0 Å². The average Bonchev–Trinajstić information content (AvgIpc) is 3.47. The number of likely N-dealkylation sites (tertiary alicyclic amines) is 2. The first-order valence-electron chi connectivity index (χ1n) is 11.0. The number of nitrogens with zero attached hydrogens (tertiary/aromatic N) is 2. The number of carbonyl (C=O) groups is 2. The first-order valence-corrected chi connectivity index (χ1v) is 11.4. The van der Waals surface area contributed by atoms with Crippen LogP contribution in [0.15, 0.2) is 48.7 Å². The predicted octanol–water partition coefficient (Wildman–Crippen LogP) is 3.75. The van der Waals surface area contributed by atoms with E-state index in [0.29, 0.717) is 16.9 Å². The van der Waals surface area contributed by atoms with E-state index in [1.54, 1.807) is 0 Å². The van der Waals surface area contributed by atoms with Gasteiger partial charge in [-0.05, 0) is 60.2 Å². The number of nitrogens with one attached hydrogen (secondary N) is 1. The van der Waals surface area contributed by atoms with Gasteiger partial charge in [0, 0.05) is 66.3 Å². The summed E-state index contributed by atoms with van der Waals surface area (Å²) >= 11 is 6.36. The zero-order valence-electron chi connectivity index (χ0n) is 18.1. The Kier molecular flexibility index (Phi) is 5.43. The smallest absolute Gasteiger partial charge is 0.253 e. The molecule has 2 amide bonds. The van der Waals surface area contributed by atoms with Crippen LogP contribution in [-0.4, -0.2) is 52.8 Å². The molecule has 3 N–H and O–H groups in total. The molecule has 3 unspecified atom stereocenters. The van der Waals surface area contributed by atoms with E-state index in [0.717, 1.165) is 53.8 Å². The molecular weight excluding hydrogens is 424 g/mol. The number of hydrogen-bond donors (Lipinski definition) is 2. The maximum atomic E-state index is 13.1. The summed E-state index contributed by atoms with van der Waals surface area (Å²) in [6.45, 7) is 5.13. The summed E-state index contributed by atoms with van der Waals surface area (Å²) in [4.78, 5) is 32.4. The second kappa shape index (κ2) is 8.26. The molecule has 3 atom stereocenters. The minimum Gasteiger partial charge on any atom is -0.370 e. The fraction of sp³-hybridized carbons (Fsp3) is 0.360. The van der Waals surface area contributed by atoms with Gasteiger partial charge >= 0.3 is 0 Å². The van der Waals surface area contributed by atoms with Gasteiger partial charge < -0.3 is 15.6 Å². The molecule has 0 aliphatic carbocycles. The van der Waals surface area contributed by atoms with Crippen LogP contribution in [0.2, 0.25) is 5.02 Å². The van der Waals surface area contributed by atoms with Gasteiger partial charge in [0.25, 0.3) is 5.91 Å². The van der Waals surface area contributed by atoms with E-state index in [-0.39, 0.29) is 24.3 Å². The van der Waals surface area contributed by atoms with E-state index < -0.39 is 0 Å². The highest BCUT2D eigenvalue weighted by Gasteiger charge is 2.44. The van der Waals surface area contributed by atoms with Crippen molar-refractivity contribution in [3.8, 4) is 0 Å². The Bertz CT molecular complexity index is 1180. The third-order valence-corrected chi connectivity index (χ3v) is 7.43. The number of primary amides is 1. The summed E-state index contributed by atoms with van der Waals surface area (Å²) < 4.78 is 0. The zero-order valence-corrected chi connectivity index (χ0v) is 18.8. The van der Waals surface area contributed by atoms with Crippen molar-refractivity contribution in [3.05, 3.63) is 70.4 Å². The highest BCUT2D eigenvalue weighted by molar-refractivity contribution is 6.31. The Morgan fingerprint density at radius 1 is 1.09 bits per heavy atom. The van der Waals surface area contributed by atoms with E-state index in [1.807, 2.05) is 60.5 Å². The Balaban J connectivity index is 1.29. The number of rotatable bonds is 5. The molecule has 6 nitrogen and oxygen atoms in total. The van der Waals surface area contributed by atoms with Crippen LogP contribution >= 0.6 is 11.6 Å². The summed E-state index contributed by atoms with van der Waals surface area (Å²) in [5, 5.41) is 1.75. The molecule has 1 aromatic heterocycles. The molecule has 32 heavy (non-hydrogen) atoms. The van der Waals surface area contributed by atoms with Crippen molar-refractivity contribution in [1.82, 2.24) is 14.8 Å². The summed E-state index contributed by atoms with van der Waals surface area (Å²) in [5.41, 5.74) is 9.38. The Labute approximate surface area is 192 Å². The lowest BCUT2D eigenvalue weighted by Gasteiger charge is -2.29. The van der Waals surface area contributed by atoms with Crippen molar-refractivity contribution < 1.29 is 9.59 Å². The average molecular weight is 451 g/mol. The molecule has 5 rings (SSSR count). The number of nitrogens with two attached hydrogens (primary N) is 1. The molecule has 0 saturated carbocycles. The maximum absolute atomic E-state index is 13.1. The molecule has 0 bridgehead atoms. The fourth-order valence-electron chi connectivity index (χ4n) is 5.28. The largest absolute Gasteiger partial charge is 0.370 e. The molecule has 2 aliphatic heterocycles. The first kappa shape index (κ1) is 21.0. The van der Waals surface area contributed by atoms with Gasteiger partial charge in [-0.15, -0.1) is 0 Å². The van der Waals surface area contributed by atoms with Crippen LogP contribution in [0.1, 0.15) is 33.9 Å². The number of carbonyl (C=O) groups excluding carboxylic acids is 2. The molecule has 3 heterocycles. The number of aromatic amines is 1. The lowest BCUT2D eigenvalue weighted by atomic mass is 10.0. The van der Waals surface area contributed by atoms with E-state index in [9.17, 15) is 9.59 Å². The number of amides is 2. The zero-order chi connectivity index (χ0) is 22.4. The van der Waals surface area contributed by atoms with Crippen molar-refractivity contribution in [2.24, 2.45) is 17.6 Å². The molecule has 166 valence electrons. The number of aryl methyl sites for hydroxylation is 1. The van der Waals surface area contributed by atoms with Crippen molar-refractivity contribution in [1.29, 1.82) is 0 Å². The quantitative estimate of drug-likeness (QED) is 0.621. The van der Waals surface area contributed by atoms with Gasteiger partial charge in [-0.3, -0.25) is 14.5 Å². The second-order valence-electron chi connectivity index (χ2n) is 9.16. The van der Waals surface area contributed by atoms with Crippen molar-refractivity contribution in [2.45, 2.75) is 19.4 Å². The SMILES string of the molecule is Cc1ccc(C(CC(N)=O)N2CC3CN(C(=O)c4ccc5[nH]ccc5c4)CC3C2)cc1Cl. The number of benzene rings is 2. The van der Waals surface area contributed by atoms with Crippen molar-refractivity contribution >= 4 is 34.3 Å². The lowest BCUT2D eigenvalue weighted by Crippen LogP contribution is -2.36. The molecule has 2 fully saturated rings. The molecule has 2 saturated heterocycles. The number of H-pyrrole nitrogens is 1. The Hall–Kier alpha value is -2.83. The van der Waals surface area contributed by atoms with Crippen LogP contribution in [0, 0.1) is 18.8 Å². The number of halogens is 1. The van der Waals surface area contributed by atoms with Crippen LogP contribution in [0.4, 0.5) is 0 Å². The highest BCUT2D eigenvalue weighted by Crippen LogP contribution is 2.38. The lowest BCUT2D eigenvalue weighted by molar-refractivity contribution is -0.119. The first-order chi connectivity index (χ1) is 15.4. The molecular formula is C25H27ClN4O2. The molecule has 7 heteroatoms. The predicted molar refractivity (Wildman–Crippen MR) is 125 cm³/mol. The number of hydrogen-bond acceptors (Lipinski definition) is 3. The summed E-state index contributed by atoms with van der Waals surface area (Å²) in [6.07, 6.45) is 2.15. The van der Waals surface area contributed by atoms with Crippen LogP contribution in [0.25, 0.3) is 10.9 Å². The standard InChI is InChI=1S/C25H27ClN4O2/c1-15-2-3-17(9-21(15)26)23(10-24(27)31)29-11-19-13-30(14-20(19)12-29)25(32)18-4-5-22-16(8-18)6-7-28-22/h2-9,19-20,23,28H,10-14H2,1H3,(H2,27,31). The minimum atomic E-state index is -0.319. The topological polar surface area (TPSA) is 82.4 Å². The maximum Gasteiger partial charge on any atom is 0.253 e. The van der Waals surface area contributed by atoms with Gasteiger partial charge in [0.2, 0.25) is 5.91 Å². The summed E-state index contributed by atoms with van der Waals surface area (Å²) in [6, 6.07) is 13.7. The van der Waals surface area contributed by atoms with Gasteiger partial charge in [-0.1, -0.05) is 23.7 Å².